The summed E-state index contributed by atoms with van der Waals surface area (Å²) in [5.74, 6) is -0.436. The van der Waals surface area contributed by atoms with Crippen molar-refractivity contribution in [3.63, 3.8) is 0 Å². The SMILES string of the molecule is Cn1cc(-c2cncc(CNC(=O)c3ccc(-c4ccc(F)cc4)cc3)c2)cn1. The molecule has 29 heavy (non-hydrogen) atoms. The Balaban J connectivity index is 1.41. The van der Waals surface area contributed by atoms with E-state index in [1.165, 1.54) is 12.1 Å². The maximum absolute atomic E-state index is 13.1. The Bertz CT molecular complexity index is 1130. The van der Waals surface area contributed by atoms with E-state index in [0.29, 0.717) is 12.1 Å². The van der Waals surface area contributed by atoms with Gasteiger partial charge in [0.2, 0.25) is 0 Å². The van der Waals surface area contributed by atoms with Crippen molar-refractivity contribution in [1.82, 2.24) is 20.1 Å². The summed E-state index contributed by atoms with van der Waals surface area (Å²) < 4.78 is 14.8. The van der Waals surface area contributed by atoms with Gasteiger partial charge in [0, 0.05) is 48.9 Å². The molecule has 6 heteroatoms. The normalized spacial score (nSPS) is 10.7. The summed E-state index contributed by atoms with van der Waals surface area (Å²) in [5.41, 5.74) is 5.22. The lowest BCUT2D eigenvalue weighted by Crippen LogP contribution is -2.22. The fourth-order valence-electron chi connectivity index (χ4n) is 3.05. The van der Waals surface area contributed by atoms with E-state index < -0.39 is 0 Å². The third-order valence-corrected chi connectivity index (χ3v) is 4.61. The average Bonchev–Trinajstić information content (AvgIpc) is 3.19. The minimum Gasteiger partial charge on any atom is -0.348 e. The Kier molecular flexibility index (Phi) is 5.16. The van der Waals surface area contributed by atoms with Gasteiger partial charge in [-0.3, -0.25) is 14.5 Å². The molecule has 4 rings (SSSR count). The van der Waals surface area contributed by atoms with E-state index in [4.69, 9.17) is 0 Å². The number of rotatable bonds is 5. The molecule has 144 valence electrons. The van der Waals surface area contributed by atoms with Crippen molar-refractivity contribution in [2.75, 3.05) is 0 Å². The fraction of sp³-hybridized carbons (Fsp3) is 0.0870. The molecule has 0 fully saturated rings. The number of carbonyl (C=O) groups is 1. The highest BCUT2D eigenvalue weighted by Gasteiger charge is 2.08. The Hall–Kier alpha value is -3.80. The van der Waals surface area contributed by atoms with Crippen molar-refractivity contribution in [3.05, 3.63) is 96.3 Å². The Morgan fingerprint density at radius 3 is 2.28 bits per heavy atom. The van der Waals surface area contributed by atoms with Gasteiger partial charge in [0.15, 0.2) is 0 Å². The number of aromatic nitrogens is 3. The number of nitrogens with one attached hydrogen (secondary N) is 1. The van der Waals surface area contributed by atoms with E-state index in [-0.39, 0.29) is 11.7 Å². The van der Waals surface area contributed by atoms with Gasteiger partial charge in [-0.05, 0) is 47.0 Å². The molecule has 2 aromatic heterocycles. The van der Waals surface area contributed by atoms with Crippen LogP contribution >= 0.6 is 0 Å². The summed E-state index contributed by atoms with van der Waals surface area (Å²) in [6.45, 7) is 0.375. The first-order valence-electron chi connectivity index (χ1n) is 9.16. The number of benzene rings is 2. The highest BCUT2D eigenvalue weighted by molar-refractivity contribution is 5.94. The van der Waals surface area contributed by atoms with Crippen molar-refractivity contribution in [1.29, 1.82) is 0 Å². The molecule has 0 saturated carbocycles. The Labute approximate surface area is 167 Å². The number of hydrogen-bond donors (Lipinski definition) is 1. The van der Waals surface area contributed by atoms with Crippen LogP contribution in [0, 0.1) is 5.82 Å². The van der Waals surface area contributed by atoms with Crippen molar-refractivity contribution >= 4 is 5.91 Å². The predicted octanol–water partition coefficient (Wildman–Crippen LogP) is 4.22. The first-order chi connectivity index (χ1) is 14.1. The second kappa shape index (κ2) is 8.06. The van der Waals surface area contributed by atoms with Gasteiger partial charge < -0.3 is 5.32 Å². The maximum Gasteiger partial charge on any atom is 0.251 e. The number of amides is 1. The average molecular weight is 386 g/mol. The topological polar surface area (TPSA) is 59.8 Å². The minimum atomic E-state index is -0.271. The smallest absolute Gasteiger partial charge is 0.251 e. The highest BCUT2D eigenvalue weighted by Crippen LogP contribution is 2.21. The van der Waals surface area contributed by atoms with Crippen LogP contribution in [-0.4, -0.2) is 20.7 Å². The Morgan fingerprint density at radius 1 is 0.931 bits per heavy atom. The molecule has 0 aliphatic heterocycles. The van der Waals surface area contributed by atoms with Gasteiger partial charge in [0.1, 0.15) is 5.82 Å². The van der Waals surface area contributed by atoms with E-state index in [0.717, 1.165) is 27.8 Å². The summed E-state index contributed by atoms with van der Waals surface area (Å²) >= 11 is 0. The number of pyridine rings is 1. The number of carbonyl (C=O) groups excluding carboxylic acids is 1. The van der Waals surface area contributed by atoms with Crippen LogP contribution in [0.4, 0.5) is 4.39 Å². The zero-order valence-corrected chi connectivity index (χ0v) is 15.8. The number of halogens is 1. The van der Waals surface area contributed by atoms with Crippen molar-refractivity contribution in [2.45, 2.75) is 6.54 Å². The zero-order chi connectivity index (χ0) is 20.2. The van der Waals surface area contributed by atoms with E-state index >= 15 is 0 Å². The van der Waals surface area contributed by atoms with Crippen molar-refractivity contribution in [3.8, 4) is 22.3 Å². The van der Waals surface area contributed by atoms with Gasteiger partial charge in [-0.25, -0.2) is 4.39 Å². The standard InChI is InChI=1S/C23H19FN4O/c1-28-15-21(14-27-28)20-10-16(11-25-13-20)12-26-23(29)19-4-2-17(3-5-19)18-6-8-22(24)9-7-18/h2-11,13-15H,12H2,1H3,(H,26,29). The number of hydrogen-bond acceptors (Lipinski definition) is 3. The van der Waals surface area contributed by atoms with Crippen LogP contribution in [0.1, 0.15) is 15.9 Å². The Morgan fingerprint density at radius 2 is 1.62 bits per heavy atom. The van der Waals surface area contributed by atoms with Crippen LogP contribution in [0.25, 0.3) is 22.3 Å². The monoisotopic (exact) mass is 386 g/mol. The van der Waals surface area contributed by atoms with Gasteiger partial charge in [0.05, 0.1) is 6.20 Å². The van der Waals surface area contributed by atoms with E-state index in [1.807, 2.05) is 31.4 Å². The first-order valence-corrected chi connectivity index (χ1v) is 9.16. The van der Waals surface area contributed by atoms with Crippen LogP contribution in [0.15, 0.2) is 79.4 Å². The van der Waals surface area contributed by atoms with Gasteiger partial charge in [-0.15, -0.1) is 0 Å². The molecule has 5 nitrogen and oxygen atoms in total. The van der Waals surface area contributed by atoms with Crippen LogP contribution in [0.3, 0.4) is 0 Å². The molecule has 0 bridgehead atoms. The lowest BCUT2D eigenvalue weighted by atomic mass is 10.0. The van der Waals surface area contributed by atoms with E-state index in [9.17, 15) is 9.18 Å². The maximum atomic E-state index is 13.1. The molecule has 0 saturated heterocycles. The lowest BCUT2D eigenvalue weighted by molar-refractivity contribution is 0.0951. The molecule has 2 heterocycles. The summed E-state index contributed by atoms with van der Waals surface area (Å²) in [5, 5.41) is 7.09. The number of nitrogens with zero attached hydrogens (tertiary/aromatic N) is 3. The molecule has 0 atom stereocenters. The van der Waals surface area contributed by atoms with Crippen LogP contribution < -0.4 is 5.32 Å². The van der Waals surface area contributed by atoms with Gasteiger partial charge in [-0.2, -0.15) is 5.10 Å². The summed E-state index contributed by atoms with van der Waals surface area (Å²) in [6, 6.07) is 15.5. The van der Waals surface area contributed by atoms with Crippen molar-refractivity contribution in [2.24, 2.45) is 7.05 Å². The number of aryl methyl sites for hydroxylation is 1. The van der Waals surface area contributed by atoms with E-state index in [2.05, 4.69) is 15.4 Å². The molecule has 1 N–H and O–H groups in total. The first kappa shape index (κ1) is 18.6. The second-order valence-electron chi connectivity index (χ2n) is 6.75. The highest BCUT2D eigenvalue weighted by atomic mass is 19.1. The fourth-order valence-corrected chi connectivity index (χ4v) is 3.05. The molecule has 4 aromatic rings. The second-order valence-corrected chi connectivity index (χ2v) is 6.75. The predicted molar refractivity (Wildman–Crippen MR) is 109 cm³/mol. The molecule has 0 aliphatic rings. The molecule has 0 spiro atoms. The lowest BCUT2D eigenvalue weighted by Gasteiger charge is -2.08. The van der Waals surface area contributed by atoms with Crippen LogP contribution in [0.2, 0.25) is 0 Å². The summed E-state index contributed by atoms with van der Waals surface area (Å²) in [4.78, 5) is 16.7. The van der Waals surface area contributed by atoms with E-state index in [1.54, 1.807) is 47.5 Å². The summed E-state index contributed by atoms with van der Waals surface area (Å²) in [7, 11) is 1.86. The summed E-state index contributed by atoms with van der Waals surface area (Å²) in [6.07, 6.45) is 7.21. The zero-order valence-electron chi connectivity index (χ0n) is 15.8. The van der Waals surface area contributed by atoms with Gasteiger partial charge >= 0.3 is 0 Å². The molecular formula is C23H19FN4O. The van der Waals surface area contributed by atoms with Crippen LogP contribution in [0.5, 0.6) is 0 Å². The third kappa shape index (κ3) is 4.38. The third-order valence-electron chi connectivity index (χ3n) is 4.61. The van der Waals surface area contributed by atoms with Crippen molar-refractivity contribution < 1.29 is 9.18 Å². The largest absolute Gasteiger partial charge is 0.348 e. The molecular weight excluding hydrogens is 367 g/mol. The molecule has 2 aromatic carbocycles. The van der Waals surface area contributed by atoms with Gasteiger partial charge in [-0.1, -0.05) is 24.3 Å². The molecule has 0 radical (unpaired) electrons. The molecule has 1 amide bonds. The molecule has 0 aliphatic carbocycles. The van der Waals surface area contributed by atoms with Gasteiger partial charge in [0.25, 0.3) is 5.91 Å². The van der Waals surface area contributed by atoms with Crippen LogP contribution in [-0.2, 0) is 13.6 Å². The molecule has 0 unspecified atom stereocenters. The minimum absolute atomic E-state index is 0.164. The quantitative estimate of drug-likeness (QED) is 0.559.